The molecule has 0 radical (unpaired) electrons. The Morgan fingerprint density at radius 3 is 2.80 bits per heavy atom. The standard InChI is InChI=1S/C15H14N4O/c1-2-19(13-5-7-16-8-6-13)15(20)11-3-4-12-10-17-18-14(12)9-11/h3-10H,2H2,1H3,(H,17,18). The first-order valence-corrected chi connectivity index (χ1v) is 6.44. The highest BCUT2D eigenvalue weighted by molar-refractivity contribution is 6.07. The van der Waals surface area contributed by atoms with E-state index < -0.39 is 0 Å². The molecule has 1 amide bonds. The molecular formula is C15H14N4O. The van der Waals surface area contributed by atoms with Crippen LogP contribution < -0.4 is 4.90 Å². The zero-order chi connectivity index (χ0) is 13.9. The first-order chi connectivity index (χ1) is 9.79. The van der Waals surface area contributed by atoms with Crippen LogP contribution in [0.2, 0.25) is 0 Å². The molecule has 0 aliphatic heterocycles. The minimum atomic E-state index is -0.0322. The number of carbonyl (C=O) groups is 1. The van der Waals surface area contributed by atoms with Crippen LogP contribution in [-0.4, -0.2) is 27.6 Å². The number of hydrogen-bond acceptors (Lipinski definition) is 3. The number of amides is 1. The van der Waals surface area contributed by atoms with Crippen LogP contribution in [0, 0.1) is 0 Å². The Bertz CT molecular complexity index is 736. The molecule has 3 aromatic rings. The van der Waals surface area contributed by atoms with Crippen LogP contribution >= 0.6 is 0 Å². The molecule has 0 bridgehead atoms. The van der Waals surface area contributed by atoms with Gasteiger partial charge in [-0.3, -0.25) is 14.9 Å². The number of benzene rings is 1. The summed E-state index contributed by atoms with van der Waals surface area (Å²) in [7, 11) is 0. The van der Waals surface area contributed by atoms with Gasteiger partial charge in [0.2, 0.25) is 0 Å². The molecule has 2 aromatic heterocycles. The van der Waals surface area contributed by atoms with Gasteiger partial charge in [0, 0.05) is 35.6 Å². The number of carbonyl (C=O) groups excluding carboxylic acids is 1. The average molecular weight is 266 g/mol. The van der Waals surface area contributed by atoms with Gasteiger partial charge in [-0.15, -0.1) is 0 Å². The van der Waals surface area contributed by atoms with E-state index >= 15 is 0 Å². The van der Waals surface area contributed by atoms with Crippen LogP contribution in [0.3, 0.4) is 0 Å². The Hall–Kier alpha value is -2.69. The third-order valence-electron chi connectivity index (χ3n) is 3.22. The van der Waals surface area contributed by atoms with E-state index in [9.17, 15) is 4.79 Å². The number of anilines is 1. The maximum absolute atomic E-state index is 12.6. The number of H-pyrrole nitrogens is 1. The van der Waals surface area contributed by atoms with E-state index in [1.165, 1.54) is 0 Å². The van der Waals surface area contributed by atoms with Crippen molar-refractivity contribution < 1.29 is 4.79 Å². The third kappa shape index (κ3) is 2.14. The summed E-state index contributed by atoms with van der Waals surface area (Å²) >= 11 is 0. The Morgan fingerprint density at radius 1 is 1.25 bits per heavy atom. The van der Waals surface area contributed by atoms with Gasteiger partial charge in [-0.05, 0) is 31.2 Å². The maximum atomic E-state index is 12.6. The molecule has 2 heterocycles. The summed E-state index contributed by atoms with van der Waals surface area (Å²) in [5, 5.41) is 7.84. The van der Waals surface area contributed by atoms with Gasteiger partial charge in [0.25, 0.3) is 5.91 Å². The number of rotatable bonds is 3. The second-order valence-electron chi connectivity index (χ2n) is 4.43. The molecule has 0 atom stereocenters. The van der Waals surface area contributed by atoms with Crippen molar-refractivity contribution in [1.82, 2.24) is 15.2 Å². The average Bonchev–Trinajstić information content (AvgIpc) is 2.96. The minimum absolute atomic E-state index is 0.0322. The van der Waals surface area contributed by atoms with Crippen LogP contribution in [0.1, 0.15) is 17.3 Å². The van der Waals surface area contributed by atoms with Gasteiger partial charge < -0.3 is 4.90 Å². The second kappa shape index (κ2) is 5.13. The largest absolute Gasteiger partial charge is 0.309 e. The highest BCUT2D eigenvalue weighted by atomic mass is 16.2. The van der Waals surface area contributed by atoms with Crippen LogP contribution in [0.25, 0.3) is 10.9 Å². The lowest BCUT2D eigenvalue weighted by molar-refractivity contribution is 0.0988. The Balaban J connectivity index is 1.97. The molecule has 0 saturated heterocycles. The van der Waals surface area contributed by atoms with Gasteiger partial charge in [0.05, 0.1) is 11.7 Å². The molecule has 0 aliphatic carbocycles. The van der Waals surface area contributed by atoms with Gasteiger partial charge in [-0.2, -0.15) is 5.10 Å². The summed E-state index contributed by atoms with van der Waals surface area (Å²) in [6, 6.07) is 9.21. The monoisotopic (exact) mass is 266 g/mol. The van der Waals surface area contributed by atoms with Crippen molar-refractivity contribution >= 4 is 22.5 Å². The van der Waals surface area contributed by atoms with Crippen molar-refractivity contribution in [3.8, 4) is 0 Å². The summed E-state index contributed by atoms with van der Waals surface area (Å²) in [4.78, 5) is 18.3. The SMILES string of the molecule is CCN(C(=O)c1ccc2cn[nH]c2c1)c1ccncc1. The number of aromatic amines is 1. The van der Waals surface area contributed by atoms with Crippen molar-refractivity contribution in [2.75, 3.05) is 11.4 Å². The molecule has 1 N–H and O–H groups in total. The number of pyridine rings is 1. The van der Waals surface area contributed by atoms with Gasteiger partial charge in [-0.1, -0.05) is 6.07 Å². The lowest BCUT2D eigenvalue weighted by Crippen LogP contribution is -2.30. The molecule has 1 aromatic carbocycles. The molecule has 5 heteroatoms. The van der Waals surface area contributed by atoms with E-state index in [-0.39, 0.29) is 5.91 Å². The number of nitrogens with one attached hydrogen (secondary N) is 1. The molecule has 0 unspecified atom stereocenters. The Kier molecular flexibility index (Phi) is 3.16. The topological polar surface area (TPSA) is 61.9 Å². The third-order valence-corrected chi connectivity index (χ3v) is 3.22. The molecule has 20 heavy (non-hydrogen) atoms. The predicted octanol–water partition coefficient (Wildman–Crippen LogP) is 2.62. The van der Waals surface area contributed by atoms with Crippen molar-refractivity contribution in [1.29, 1.82) is 0 Å². The molecule has 0 fully saturated rings. The Morgan fingerprint density at radius 2 is 2.05 bits per heavy atom. The fourth-order valence-electron chi connectivity index (χ4n) is 2.19. The lowest BCUT2D eigenvalue weighted by atomic mass is 10.1. The molecule has 0 aliphatic rings. The summed E-state index contributed by atoms with van der Waals surface area (Å²) in [6.07, 6.45) is 5.11. The summed E-state index contributed by atoms with van der Waals surface area (Å²) in [5.74, 6) is -0.0322. The molecule has 100 valence electrons. The van der Waals surface area contributed by atoms with Gasteiger partial charge in [-0.25, -0.2) is 0 Å². The van der Waals surface area contributed by atoms with Crippen molar-refractivity contribution in [2.24, 2.45) is 0 Å². The normalized spacial score (nSPS) is 10.7. The Labute approximate surface area is 116 Å². The highest BCUT2D eigenvalue weighted by Crippen LogP contribution is 2.18. The lowest BCUT2D eigenvalue weighted by Gasteiger charge is -2.20. The molecule has 0 spiro atoms. The second-order valence-corrected chi connectivity index (χ2v) is 4.43. The smallest absolute Gasteiger partial charge is 0.258 e. The highest BCUT2D eigenvalue weighted by Gasteiger charge is 2.16. The fourth-order valence-corrected chi connectivity index (χ4v) is 2.19. The van der Waals surface area contributed by atoms with E-state index in [1.807, 2.05) is 37.3 Å². The van der Waals surface area contributed by atoms with Crippen LogP contribution in [-0.2, 0) is 0 Å². The number of hydrogen-bond donors (Lipinski definition) is 1. The summed E-state index contributed by atoms with van der Waals surface area (Å²) in [6.45, 7) is 2.55. The predicted molar refractivity (Wildman–Crippen MR) is 77.7 cm³/mol. The minimum Gasteiger partial charge on any atom is -0.309 e. The van der Waals surface area contributed by atoms with E-state index in [1.54, 1.807) is 23.5 Å². The van der Waals surface area contributed by atoms with Crippen LogP contribution in [0.4, 0.5) is 5.69 Å². The van der Waals surface area contributed by atoms with E-state index in [4.69, 9.17) is 0 Å². The first kappa shape index (κ1) is 12.3. The maximum Gasteiger partial charge on any atom is 0.258 e. The number of nitrogens with zero attached hydrogens (tertiary/aromatic N) is 3. The molecule has 3 rings (SSSR count). The summed E-state index contributed by atoms with van der Waals surface area (Å²) in [5.41, 5.74) is 2.35. The number of aromatic nitrogens is 3. The molecule has 0 saturated carbocycles. The van der Waals surface area contributed by atoms with E-state index in [0.717, 1.165) is 16.6 Å². The van der Waals surface area contributed by atoms with Crippen LogP contribution in [0.5, 0.6) is 0 Å². The zero-order valence-electron chi connectivity index (χ0n) is 11.1. The molecule has 5 nitrogen and oxygen atoms in total. The van der Waals surface area contributed by atoms with Crippen molar-refractivity contribution in [3.63, 3.8) is 0 Å². The van der Waals surface area contributed by atoms with Crippen LogP contribution in [0.15, 0.2) is 48.9 Å². The summed E-state index contributed by atoms with van der Waals surface area (Å²) < 4.78 is 0. The first-order valence-electron chi connectivity index (χ1n) is 6.44. The van der Waals surface area contributed by atoms with E-state index in [2.05, 4.69) is 15.2 Å². The van der Waals surface area contributed by atoms with Crippen molar-refractivity contribution in [3.05, 3.63) is 54.5 Å². The number of fused-ring (bicyclic) bond motifs is 1. The molecular weight excluding hydrogens is 252 g/mol. The van der Waals surface area contributed by atoms with Crippen molar-refractivity contribution in [2.45, 2.75) is 6.92 Å². The zero-order valence-corrected chi connectivity index (χ0v) is 11.1. The fraction of sp³-hybridized carbons (Fsp3) is 0.133. The van der Waals surface area contributed by atoms with Gasteiger partial charge in [0.15, 0.2) is 0 Å². The van der Waals surface area contributed by atoms with E-state index in [0.29, 0.717) is 12.1 Å². The van der Waals surface area contributed by atoms with Gasteiger partial charge in [0.1, 0.15) is 0 Å². The van der Waals surface area contributed by atoms with Gasteiger partial charge >= 0.3 is 0 Å². The quantitative estimate of drug-likeness (QED) is 0.792.